The summed E-state index contributed by atoms with van der Waals surface area (Å²) in [6.07, 6.45) is 2.82. The summed E-state index contributed by atoms with van der Waals surface area (Å²) in [5.41, 5.74) is 5.66. The number of hydrogen-bond acceptors (Lipinski definition) is 3. The molecule has 0 spiro atoms. The Hall–Kier alpha value is -3.04. The van der Waals surface area contributed by atoms with Crippen LogP contribution >= 0.6 is 11.3 Å². The van der Waals surface area contributed by atoms with Crippen molar-refractivity contribution in [2.75, 3.05) is 0 Å². The molecule has 0 bridgehead atoms. The maximum absolute atomic E-state index is 4.68. The second kappa shape index (κ2) is 8.39. The minimum atomic E-state index is 0.0425. The summed E-state index contributed by atoms with van der Waals surface area (Å²) >= 11 is 1.90. The van der Waals surface area contributed by atoms with Gasteiger partial charge in [-0.05, 0) is 63.7 Å². The van der Waals surface area contributed by atoms with Crippen molar-refractivity contribution < 1.29 is 0 Å². The van der Waals surface area contributed by atoms with Crippen LogP contribution in [-0.2, 0) is 11.8 Å². The Morgan fingerprint density at radius 2 is 1.58 bits per heavy atom. The van der Waals surface area contributed by atoms with Gasteiger partial charge in [-0.15, -0.1) is 11.3 Å². The van der Waals surface area contributed by atoms with Crippen LogP contribution in [0, 0.1) is 5.92 Å². The summed E-state index contributed by atoms with van der Waals surface area (Å²) in [5, 5.41) is 3.86. The average Bonchev–Trinajstić information content (AvgIpc) is 3.19. The molecule has 0 aliphatic heterocycles. The molecule has 33 heavy (non-hydrogen) atoms. The first-order valence-corrected chi connectivity index (χ1v) is 12.5. The highest BCUT2D eigenvalue weighted by Crippen LogP contribution is 2.37. The molecule has 3 aromatic carbocycles. The molecule has 2 nitrogen and oxygen atoms in total. The fourth-order valence-electron chi connectivity index (χ4n) is 4.56. The quantitative estimate of drug-likeness (QED) is 0.274. The maximum atomic E-state index is 4.68. The molecule has 0 aliphatic carbocycles. The fourth-order valence-corrected chi connectivity index (χ4v) is 5.95. The van der Waals surface area contributed by atoms with Gasteiger partial charge in [-0.1, -0.05) is 77.1 Å². The molecule has 5 aromatic rings. The van der Waals surface area contributed by atoms with E-state index in [1.54, 1.807) is 6.33 Å². The van der Waals surface area contributed by atoms with Crippen molar-refractivity contribution in [1.82, 2.24) is 9.97 Å². The third kappa shape index (κ3) is 4.30. The number of fused-ring (bicyclic) bond motifs is 2. The van der Waals surface area contributed by atoms with E-state index in [1.807, 2.05) is 11.3 Å². The van der Waals surface area contributed by atoms with Gasteiger partial charge in [0, 0.05) is 20.7 Å². The van der Waals surface area contributed by atoms with Crippen molar-refractivity contribution in [1.29, 1.82) is 0 Å². The normalized spacial score (nSPS) is 12.2. The first-order valence-electron chi connectivity index (χ1n) is 11.7. The van der Waals surface area contributed by atoms with Crippen molar-refractivity contribution in [3.8, 4) is 22.5 Å². The predicted molar refractivity (Wildman–Crippen MR) is 143 cm³/mol. The standard InChI is InChI=1S/C30H30N2S/c1-19(2)13-23-15-21-10-8-12-25(29(21)33-23)28-17-27(31-18-32-28)22-14-20-9-6-7-11-24(20)26(16-22)30(3,4)5/h6-12,14-19H,13H2,1-5H3. The second-order valence-electron chi connectivity index (χ2n) is 10.3. The molecule has 3 heteroatoms. The summed E-state index contributed by atoms with van der Waals surface area (Å²) < 4.78 is 1.31. The third-order valence-electron chi connectivity index (χ3n) is 6.11. The average molecular weight is 451 g/mol. The van der Waals surface area contributed by atoms with Crippen LogP contribution in [0.5, 0.6) is 0 Å². The minimum absolute atomic E-state index is 0.0425. The van der Waals surface area contributed by atoms with Crippen molar-refractivity contribution in [2.45, 2.75) is 46.5 Å². The highest BCUT2D eigenvalue weighted by atomic mass is 32.1. The molecule has 2 heterocycles. The topological polar surface area (TPSA) is 25.8 Å². The summed E-state index contributed by atoms with van der Waals surface area (Å²) in [7, 11) is 0. The van der Waals surface area contributed by atoms with Crippen molar-refractivity contribution in [2.24, 2.45) is 5.92 Å². The van der Waals surface area contributed by atoms with Crippen LogP contribution in [0.25, 0.3) is 43.4 Å². The Labute approximate surface area is 200 Å². The molecule has 0 saturated carbocycles. The van der Waals surface area contributed by atoms with E-state index in [0.717, 1.165) is 23.4 Å². The Balaban J connectivity index is 1.64. The largest absolute Gasteiger partial charge is 0.236 e. The van der Waals surface area contributed by atoms with E-state index in [9.17, 15) is 0 Å². The minimum Gasteiger partial charge on any atom is -0.236 e. The van der Waals surface area contributed by atoms with E-state index >= 15 is 0 Å². The lowest BCUT2D eigenvalue weighted by molar-refractivity contribution is 0.596. The summed E-state index contributed by atoms with van der Waals surface area (Å²) in [6, 6.07) is 24.2. The Kier molecular flexibility index (Phi) is 5.54. The molecular weight excluding hydrogens is 420 g/mol. The van der Waals surface area contributed by atoms with E-state index < -0.39 is 0 Å². The van der Waals surface area contributed by atoms with E-state index in [-0.39, 0.29) is 5.41 Å². The zero-order valence-electron chi connectivity index (χ0n) is 20.0. The van der Waals surface area contributed by atoms with Crippen LogP contribution < -0.4 is 0 Å². The Morgan fingerprint density at radius 1 is 0.818 bits per heavy atom. The molecule has 0 N–H and O–H groups in total. The lowest BCUT2D eigenvalue weighted by atomic mass is 9.82. The van der Waals surface area contributed by atoms with Crippen LogP contribution in [0.15, 0.2) is 73.1 Å². The number of hydrogen-bond donors (Lipinski definition) is 0. The number of nitrogens with zero attached hydrogens (tertiary/aromatic N) is 2. The summed E-state index contributed by atoms with van der Waals surface area (Å²) in [5.74, 6) is 0.650. The van der Waals surface area contributed by atoms with E-state index in [4.69, 9.17) is 0 Å². The maximum Gasteiger partial charge on any atom is 0.116 e. The van der Waals surface area contributed by atoms with Gasteiger partial charge in [0.2, 0.25) is 0 Å². The molecule has 166 valence electrons. The molecule has 0 radical (unpaired) electrons. The van der Waals surface area contributed by atoms with Gasteiger partial charge >= 0.3 is 0 Å². The number of rotatable bonds is 4. The first kappa shape index (κ1) is 21.8. The molecule has 0 unspecified atom stereocenters. The monoisotopic (exact) mass is 450 g/mol. The van der Waals surface area contributed by atoms with E-state index in [1.165, 1.54) is 36.9 Å². The van der Waals surface area contributed by atoms with Crippen molar-refractivity contribution >= 4 is 32.2 Å². The van der Waals surface area contributed by atoms with Gasteiger partial charge in [0.25, 0.3) is 0 Å². The second-order valence-corrected chi connectivity index (χ2v) is 11.5. The molecule has 0 aliphatic rings. The molecular formula is C30H30N2S. The Morgan fingerprint density at radius 3 is 2.36 bits per heavy atom. The zero-order chi connectivity index (χ0) is 23.2. The van der Waals surface area contributed by atoms with Gasteiger partial charge in [0.15, 0.2) is 0 Å². The van der Waals surface area contributed by atoms with Gasteiger partial charge in [-0.25, -0.2) is 9.97 Å². The Bertz CT molecular complexity index is 1450. The molecule has 0 saturated heterocycles. The van der Waals surface area contributed by atoms with Crippen LogP contribution in [0.4, 0.5) is 0 Å². The first-order chi connectivity index (χ1) is 15.8. The number of benzene rings is 3. The lowest BCUT2D eigenvalue weighted by Crippen LogP contribution is -2.12. The lowest BCUT2D eigenvalue weighted by Gasteiger charge is -2.22. The highest BCUT2D eigenvalue weighted by molar-refractivity contribution is 7.19. The molecule has 0 fully saturated rings. The van der Waals surface area contributed by atoms with Gasteiger partial charge in [-0.2, -0.15) is 0 Å². The van der Waals surface area contributed by atoms with Crippen molar-refractivity contribution in [3.05, 3.63) is 83.5 Å². The van der Waals surface area contributed by atoms with Crippen molar-refractivity contribution in [3.63, 3.8) is 0 Å². The predicted octanol–water partition coefficient (Wildman–Crippen LogP) is 8.67. The van der Waals surface area contributed by atoms with Crippen LogP contribution in [0.2, 0.25) is 0 Å². The van der Waals surface area contributed by atoms with Gasteiger partial charge in [0.1, 0.15) is 6.33 Å². The van der Waals surface area contributed by atoms with E-state index in [0.29, 0.717) is 5.92 Å². The van der Waals surface area contributed by atoms with Crippen LogP contribution in [0.1, 0.15) is 45.1 Å². The highest BCUT2D eigenvalue weighted by Gasteiger charge is 2.19. The zero-order valence-corrected chi connectivity index (χ0v) is 20.8. The molecule has 0 amide bonds. The van der Waals surface area contributed by atoms with Crippen LogP contribution in [0.3, 0.4) is 0 Å². The smallest absolute Gasteiger partial charge is 0.116 e. The SMILES string of the molecule is CC(C)Cc1cc2cccc(-c3cc(-c4cc(C(C)(C)C)c5ccccc5c4)ncn3)c2s1. The van der Waals surface area contributed by atoms with Crippen LogP contribution in [-0.4, -0.2) is 9.97 Å². The number of thiophene rings is 1. The van der Waals surface area contributed by atoms with Gasteiger partial charge in [0.05, 0.1) is 11.4 Å². The third-order valence-corrected chi connectivity index (χ3v) is 7.32. The molecule has 0 atom stereocenters. The van der Waals surface area contributed by atoms with Gasteiger partial charge in [-0.3, -0.25) is 0 Å². The fraction of sp³-hybridized carbons (Fsp3) is 0.267. The number of aromatic nitrogens is 2. The summed E-state index contributed by atoms with van der Waals surface area (Å²) in [4.78, 5) is 10.8. The molecule has 2 aromatic heterocycles. The van der Waals surface area contributed by atoms with E-state index in [2.05, 4.69) is 111 Å². The summed E-state index contributed by atoms with van der Waals surface area (Å²) in [6.45, 7) is 11.4. The van der Waals surface area contributed by atoms with Gasteiger partial charge < -0.3 is 0 Å². The molecule has 5 rings (SSSR count).